The van der Waals surface area contributed by atoms with E-state index in [0.717, 1.165) is 25.1 Å². The maximum Gasteiger partial charge on any atom is 0.254 e. The number of piperidine rings is 1. The Morgan fingerprint density at radius 2 is 2.14 bits per heavy atom. The number of carbonyl (C=O) groups is 1. The molecule has 1 aromatic heterocycles. The molecule has 0 radical (unpaired) electrons. The van der Waals surface area contributed by atoms with Crippen LogP contribution in [-0.2, 0) is 0 Å². The van der Waals surface area contributed by atoms with E-state index in [4.69, 9.17) is 5.73 Å². The Balaban J connectivity index is 1.79. The van der Waals surface area contributed by atoms with E-state index in [-0.39, 0.29) is 11.9 Å². The first-order chi connectivity index (χ1) is 10.7. The molecule has 6 nitrogen and oxygen atoms in total. The topological polar surface area (TPSA) is 77.0 Å². The highest BCUT2D eigenvalue weighted by Crippen LogP contribution is 2.24. The highest BCUT2D eigenvalue weighted by Gasteiger charge is 2.31. The van der Waals surface area contributed by atoms with Crippen molar-refractivity contribution in [2.45, 2.75) is 25.8 Å². The van der Waals surface area contributed by atoms with Gasteiger partial charge in [0.25, 0.3) is 5.91 Å². The lowest BCUT2D eigenvalue weighted by Gasteiger charge is -2.39. The molecule has 22 heavy (non-hydrogen) atoms. The number of nitrogens with two attached hydrogens (primary N) is 1. The van der Waals surface area contributed by atoms with Crippen molar-refractivity contribution < 1.29 is 4.79 Å². The average molecular weight is 299 g/mol. The number of hydrogen-bond donors (Lipinski definition) is 1. The molecular weight excluding hydrogens is 278 g/mol. The number of amides is 1. The van der Waals surface area contributed by atoms with Gasteiger partial charge in [0.15, 0.2) is 0 Å². The summed E-state index contributed by atoms with van der Waals surface area (Å²) in [6.07, 6.45) is 5.30. The van der Waals surface area contributed by atoms with Crippen LogP contribution in [0.3, 0.4) is 0 Å². The van der Waals surface area contributed by atoms with Gasteiger partial charge in [0.05, 0.1) is 5.69 Å². The van der Waals surface area contributed by atoms with Gasteiger partial charge in [-0.3, -0.25) is 4.79 Å². The van der Waals surface area contributed by atoms with Gasteiger partial charge in [0.2, 0.25) is 0 Å². The number of nitrogens with zero attached hydrogens (tertiary/aromatic N) is 4. The fraction of sp³-hybridized carbons (Fsp3) is 0.438. The van der Waals surface area contributed by atoms with E-state index in [1.165, 1.54) is 6.33 Å². The molecule has 2 atom stereocenters. The van der Waals surface area contributed by atoms with Crippen molar-refractivity contribution in [3.63, 3.8) is 0 Å². The van der Waals surface area contributed by atoms with Gasteiger partial charge in [-0.25, -0.2) is 9.67 Å². The molecule has 1 aromatic carbocycles. The third-order valence-corrected chi connectivity index (χ3v) is 4.42. The van der Waals surface area contributed by atoms with E-state index >= 15 is 0 Å². The monoisotopic (exact) mass is 299 g/mol. The van der Waals surface area contributed by atoms with Gasteiger partial charge < -0.3 is 10.6 Å². The molecule has 1 aliphatic heterocycles. The molecule has 6 heteroatoms. The lowest BCUT2D eigenvalue weighted by Crippen LogP contribution is -2.51. The van der Waals surface area contributed by atoms with Crippen LogP contribution in [0.25, 0.3) is 5.69 Å². The van der Waals surface area contributed by atoms with Crippen LogP contribution in [0.1, 0.15) is 30.1 Å². The Labute approximate surface area is 129 Å². The summed E-state index contributed by atoms with van der Waals surface area (Å²) in [5.41, 5.74) is 7.45. The van der Waals surface area contributed by atoms with Gasteiger partial charge in [-0.2, -0.15) is 5.10 Å². The second kappa shape index (κ2) is 6.27. The third kappa shape index (κ3) is 2.74. The molecule has 1 fully saturated rings. The minimum absolute atomic E-state index is 0.0622. The van der Waals surface area contributed by atoms with E-state index < -0.39 is 0 Å². The van der Waals surface area contributed by atoms with E-state index in [9.17, 15) is 4.79 Å². The molecule has 0 saturated carbocycles. The highest BCUT2D eigenvalue weighted by molar-refractivity contribution is 5.94. The average Bonchev–Trinajstić information content (AvgIpc) is 3.08. The van der Waals surface area contributed by atoms with E-state index in [0.29, 0.717) is 18.0 Å². The molecule has 2 heterocycles. The van der Waals surface area contributed by atoms with Crippen molar-refractivity contribution in [2.24, 2.45) is 11.7 Å². The van der Waals surface area contributed by atoms with Crippen molar-refractivity contribution in [3.8, 4) is 5.69 Å². The summed E-state index contributed by atoms with van der Waals surface area (Å²) in [6.45, 7) is 3.48. The zero-order valence-electron chi connectivity index (χ0n) is 12.7. The van der Waals surface area contributed by atoms with E-state index in [2.05, 4.69) is 17.0 Å². The normalized spacial score (nSPS) is 21.8. The van der Waals surface area contributed by atoms with Crippen molar-refractivity contribution in [2.75, 3.05) is 13.1 Å². The lowest BCUT2D eigenvalue weighted by molar-refractivity contribution is 0.0532. The van der Waals surface area contributed by atoms with Crippen LogP contribution < -0.4 is 5.73 Å². The molecule has 3 rings (SSSR count). The van der Waals surface area contributed by atoms with Gasteiger partial charge in [0, 0.05) is 24.7 Å². The zero-order valence-corrected chi connectivity index (χ0v) is 12.7. The Bertz CT molecular complexity index is 622. The van der Waals surface area contributed by atoms with Crippen LogP contribution in [0.15, 0.2) is 36.9 Å². The summed E-state index contributed by atoms with van der Waals surface area (Å²) in [5.74, 6) is 0.518. The van der Waals surface area contributed by atoms with Gasteiger partial charge >= 0.3 is 0 Å². The van der Waals surface area contributed by atoms with Crippen LogP contribution in [0, 0.1) is 5.92 Å². The minimum atomic E-state index is 0.0622. The molecule has 0 spiro atoms. The maximum absolute atomic E-state index is 12.7. The van der Waals surface area contributed by atoms with Gasteiger partial charge in [0.1, 0.15) is 12.7 Å². The fourth-order valence-electron chi connectivity index (χ4n) is 3.12. The minimum Gasteiger partial charge on any atom is -0.334 e. The third-order valence-electron chi connectivity index (χ3n) is 4.42. The largest absolute Gasteiger partial charge is 0.334 e. The molecule has 0 aliphatic carbocycles. The van der Waals surface area contributed by atoms with E-state index in [1.54, 1.807) is 11.0 Å². The summed E-state index contributed by atoms with van der Waals surface area (Å²) in [5, 5.41) is 4.08. The predicted octanol–water partition coefficient (Wildman–Crippen LogP) is 1.47. The van der Waals surface area contributed by atoms with E-state index in [1.807, 2.05) is 29.2 Å². The summed E-state index contributed by atoms with van der Waals surface area (Å²) in [7, 11) is 0. The van der Waals surface area contributed by atoms with Gasteiger partial charge in [-0.1, -0.05) is 6.92 Å². The summed E-state index contributed by atoms with van der Waals surface area (Å²) < 4.78 is 1.67. The van der Waals surface area contributed by atoms with Crippen molar-refractivity contribution in [1.29, 1.82) is 0 Å². The highest BCUT2D eigenvalue weighted by atomic mass is 16.2. The smallest absolute Gasteiger partial charge is 0.254 e. The Morgan fingerprint density at radius 1 is 1.36 bits per heavy atom. The van der Waals surface area contributed by atoms with Gasteiger partial charge in [-0.05, 0) is 43.0 Å². The van der Waals surface area contributed by atoms with Crippen LogP contribution >= 0.6 is 0 Å². The first-order valence-electron chi connectivity index (χ1n) is 7.67. The second-order valence-electron chi connectivity index (χ2n) is 5.81. The molecule has 2 N–H and O–H groups in total. The Hall–Kier alpha value is -2.21. The maximum atomic E-state index is 12.7. The molecule has 2 unspecified atom stereocenters. The number of likely N-dealkylation sites (tertiary alicyclic amines) is 1. The first-order valence-corrected chi connectivity index (χ1v) is 7.67. The molecular formula is C16H21N5O. The number of hydrogen-bond acceptors (Lipinski definition) is 4. The summed E-state index contributed by atoms with van der Waals surface area (Å²) in [4.78, 5) is 18.6. The van der Waals surface area contributed by atoms with Crippen LogP contribution in [0.2, 0.25) is 0 Å². The number of benzene rings is 1. The van der Waals surface area contributed by atoms with Gasteiger partial charge in [-0.15, -0.1) is 0 Å². The van der Waals surface area contributed by atoms with Crippen molar-refractivity contribution in [3.05, 3.63) is 42.5 Å². The number of rotatable bonds is 3. The van der Waals surface area contributed by atoms with Crippen LogP contribution in [-0.4, -0.2) is 44.7 Å². The molecule has 2 aromatic rings. The number of aromatic nitrogens is 3. The fourth-order valence-corrected chi connectivity index (χ4v) is 3.12. The van der Waals surface area contributed by atoms with Crippen molar-refractivity contribution in [1.82, 2.24) is 19.7 Å². The predicted molar refractivity (Wildman–Crippen MR) is 83.6 cm³/mol. The van der Waals surface area contributed by atoms with Crippen molar-refractivity contribution >= 4 is 5.91 Å². The zero-order chi connectivity index (χ0) is 15.5. The quantitative estimate of drug-likeness (QED) is 0.931. The number of carbonyl (C=O) groups excluding carboxylic acids is 1. The summed E-state index contributed by atoms with van der Waals surface area (Å²) >= 11 is 0. The first kappa shape index (κ1) is 14.7. The molecule has 0 bridgehead atoms. The molecule has 1 saturated heterocycles. The standard InChI is InChI=1S/C16H21N5O/c1-12-3-2-8-20(15(12)9-17)16(22)13-4-6-14(7-5-13)21-11-18-10-19-21/h4-7,10-12,15H,2-3,8-9,17H2,1H3. The van der Waals surface area contributed by atoms with Crippen LogP contribution in [0.4, 0.5) is 0 Å². The molecule has 1 aliphatic rings. The summed E-state index contributed by atoms with van der Waals surface area (Å²) in [6, 6.07) is 7.58. The van der Waals surface area contributed by atoms with Crippen LogP contribution in [0.5, 0.6) is 0 Å². The Morgan fingerprint density at radius 3 is 2.77 bits per heavy atom. The molecule has 1 amide bonds. The lowest BCUT2D eigenvalue weighted by atomic mass is 9.90. The molecule has 116 valence electrons. The SMILES string of the molecule is CC1CCCN(C(=O)c2ccc(-n3cncn3)cc2)C1CN. The second-order valence-corrected chi connectivity index (χ2v) is 5.81. The Kier molecular flexibility index (Phi) is 4.20.